The number of carbonyl (C=O) groups is 1. The number of hydrogen-bond donors (Lipinski definition) is 1. The monoisotopic (exact) mass is 363 g/mol. The summed E-state index contributed by atoms with van der Waals surface area (Å²) in [6.45, 7) is 4.79. The van der Waals surface area contributed by atoms with E-state index < -0.39 is 0 Å². The number of carbonyl (C=O) groups excluding carboxylic acids is 1. The van der Waals surface area contributed by atoms with E-state index in [4.69, 9.17) is 0 Å². The van der Waals surface area contributed by atoms with Crippen LogP contribution in [0.4, 0.5) is 0 Å². The zero-order chi connectivity index (χ0) is 15.0. The Morgan fingerprint density at radius 3 is 2.43 bits per heavy atom. The highest BCUT2D eigenvalue weighted by Crippen LogP contribution is 2.48. The van der Waals surface area contributed by atoms with Crippen molar-refractivity contribution in [3.8, 4) is 0 Å². The first-order valence-corrected chi connectivity index (χ1v) is 8.72. The van der Waals surface area contributed by atoms with Gasteiger partial charge in [-0.2, -0.15) is 0 Å². The molecule has 0 atom stereocenters. The van der Waals surface area contributed by atoms with Crippen LogP contribution in [0.2, 0.25) is 0 Å². The van der Waals surface area contributed by atoms with Crippen molar-refractivity contribution in [2.45, 2.75) is 38.6 Å². The predicted molar refractivity (Wildman–Crippen MR) is 90.7 cm³/mol. The Bertz CT molecular complexity index is 668. The number of amides is 1. The Hall–Kier alpha value is -1.13. The van der Waals surface area contributed by atoms with Gasteiger partial charge in [-0.05, 0) is 60.3 Å². The van der Waals surface area contributed by atoms with Gasteiger partial charge >= 0.3 is 0 Å². The Morgan fingerprint density at radius 2 is 1.90 bits per heavy atom. The summed E-state index contributed by atoms with van der Waals surface area (Å²) in [5, 5.41) is 3.10. The zero-order valence-corrected chi connectivity index (χ0v) is 14.6. The van der Waals surface area contributed by atoms with E-state index >= 15 is 0 Å². The minimum absolute atomic E-state index is 0.164. The lowest BCUT2D eigenvalue weighted by Crippen LogP contribution is -2.34. The highest BCUT2D eigenvalue weighted by atomic mass is 79.9. The third-order valence-corrected chi connectivity index (χ3v) is 5.63. The van der Waals surface area contributed by atoms with E-state index in [1.807, 2.05) is 12.1 Å². The summed E-state index contributed by atoms with van der Waals surface area (Å²) in [4.78, 5) is 13.8. The molecule has 1 aromatic carbocycles. The van der Waals surface area contributed by atoms with Gasteiger partial charge in [0.25, 0.3) is 0 Å². The average molecular weight is 364 g/mol. The van der Waals surface area contributed by atoms with E-state index in [-0.39, 0.29) is 11.3 Å². The van der Waals surface area contributed by atoms with Gasteiger partial charge in [0, 0.05) is 4.88 Å². The van der Waals surface area contributed by atoms with Crippen LogP contribution in [-0.2, 0) is 16.8 Å². The molecule has 1 aliphatic rings. The first-order valence-electron chi connectivity index (χ1n) is 7.11. The maximum Gasteiger partial charge on any atom is 0.230 e. The van der Waals surface area contributed by atoms with Crippen molar-refractivity contribution in [3.63, 3.8) is 0 Å². The Labute approximate surface area is 137 Å². The molecule has 0 aliphatic heterocycles. The molecule has 4 heteroatoms. The summed E-state index contributed by atoms with van der Waals surface area (Å²) >= 11 is 5.11. The van der Waals surface area contributed by atoms with Crippen molar-refractivity contribution in [3.05, 3.63) is 55.7 Å². The van der Waals surface area contributed by atoms with Crippen LogP contribution in [0.1, 0.15) is 34.4 Å². The SMILES string of the molecule is Cc1cc(C)cc(C2(C(=O)NCc3ccc(Br)s3)CC2)c1. The van der Waals surface area contributed by atoms with Crippen LogP contribution in [0.25, 0.3) is 0 Å². The molecule has 1 saturated carbocycles. The molecule has 1 aromatic heterocycles. The fourth-order valence-electron chi connectivity index (χ4n) is 2.81. The van der Waals surface area contributed by atoms with Crippen LogP contribution in [0, 0.1) is 13.8 Å². The minimum atomic E-state index is -0.286. The van der Waals surface area contributed by atoms with Crippen molar-refractivity contribution in [1.29, 1.82) is 0 Å². The maximum absolute atomic E-state index is 12.6. The van der Waals surface area contributed by atoms with Crippen molar-refractivity contribution >= 4 is 33.2 Å². The molecule has 21 heavy (non-hydrogen) atoms. The smallest absolute Gasteiger partial charge is 0.230 e. The van der Waals surface area contributed by atoms with E-state index in [0.717, 1.165) is 16.6 Å². The van der Waals surface area contributed by atoms with E-state index in [9.17, 15) is 4.79 Å². The number of thiophene rings is 1. The number of rotatable bonds is 4. The Morgan fingerprint density at radius 1 is 1.24 bits per heavy atom. The molecule has 1 N–H and O–H groups in total. The van der Waals surface area contributed by atoms with Gasteiger partial charge in [0.05, 0.1) is 15.7 Å². The summed E-state index contributed by atoms with van der Waals surface area (Å²) in [6.07, 6.45) is 1.91. The van der Waals surface area contributed by atoms with Crippen LogP contribution in [0.3, 0.4) is 0 Å². The first-order chi connectivity index (χ1) is 9.99. The van der Waals surface area contributed by atoms with E-state index in [1.54, 1.807) is 11.3 Å². The number of hydrogen-bond acceptors (Lipinski definition) is 2. The van der Waals surface area contributed by atoms with Gasteiger partial charge in [-0.15, -0.1) is 11.3 Å². The second kappa shape index (κ2) is 5.58. The second-order valence-corrected chi connectivity index (χ2v) is 8.39. The van der Waals surface area contributed by atoms with Gasteiger partial charge in [0.15, 0.2) is 0 Å². The normalized spacial score (nSPS) is 15.8. The highest BCUT2D eigenvalue weighted by molar-refractivity contribution is 9.11. The van der Waals surface area contributed by atoms with E-state index in [2.05, 4.69) is 53.3 Å². The van der Waals surface area contributed by atoms with E-state index in [1.165, 1.54) is 21.6 Å². The molecule has 2 nitrogen and oxygen atoms in total. The molecule has 0 saturated heterocycles. The molecule has 2 aromatic rings. The quantitative estimate of drug-likeness (QED) is 0.852. The van der Waals surface area contributed by atoms with Crippen molar-refractivity contribution in [2.24, 2.45) is 0 Å². The zero-order valence-electron chi connectivity index (χ0n) is 12.2. The predicted octanol–water partition coefficient (Wildman–Crippen LogP) is 4.48. The number of nitrogens with one attached hydrogen (secondary N) is 1. The molecule has 1 heterocycles. The van der Waals surface area contributed by atoms with Crippen LogP contribution >= 0.6 is 27.3 Å². The number of halogens is 1. The molecular formula is C17H18BrNOS. The van der Waals surface area contributed by atoms with Crippen molar-refractivity contribution in [2.75, 3.05) is 0 Å². The van der Waals surface area contributed by atoms with Gasteiger partial charge in [-0.25, -0.2) is 0 Å². The van der Waals surface area contributed by atoms with Crippen LogP contribution in [0.15, 0.2) is 34.1 Å². The molecular weight excluding hydrogens is 346 g/mol. The molecule has 1 amide bonds. The Kier molecular flexibility index (Phi) is 3.93. The van der Waals surface area contributed by atoms with Crippen molar-refractivity contribution in [1.82, 2.24) is 5.32 Å². The third kappa shape index (κ3) is 3.06. The molecule has 1 fully saturated rings. The van der Waals surface area contributed by atoms with Gasteiger partial charge in [-0.1, -0.05) is 29.3 Å². The Balaban J connectivity index is 1.74. The number of aryl methyl sites for hydroxylation is 2. The second-order valence-electron chi connectivity index (χ2n) is 5.85. The molecule has 3 rings (SSSR count). The highest BCUT2D eigenvalue weighted by Gasteiger charge is 2.51. The molecule has 1 aliphatic carbocycles. The fourth-order valence-corrected chi connectivity index (χ4v) is 4.23. The standard InChI is InChI=1S/C17H18BrNOS/c1-11-7-12(2)9-13(8-11)17(5-6-17)16(20)19-10-14-3-4-15(18)21-14/h3-4,7-9H,5-6,10H2,1-2H3,(H,19,20). The maximum atomic E-state index is 12.6. The average Bonchev–Trinajstić information content (AvgIpc) is 3.13. The molecule has 0 spiro atoms. The summed E-state index contributed by atoms with van der Waals surface area (Å²) in [7, 11) is 0. The van der Waals surface area contributed by atoms with Gasteiger partial charge in [0.1, 0.15) is 0 Å². The first kappa shape index (κ1) is 14.8. The lowest BCUT2D eigenvalue weighted by atomic mass is 9.92. The van der Waals surface area contributed by atoms with Crippen LogP contribution in [-0.4, -0.2) is 5.91 Å². The third-order valence-electron chi connectivity index (χ3n) is 4.01. The largest absolute Gasteiger partial charge is 0.350 e. The minimum Gasteiger partial charge on any atom is -0.350 e. The summed E-state index contributed by atoms with van der Waals surface area (Å²) in [5.74, 6) is 0.164. The number of benzene rings is 1. The van der Waals surface area contributed by atoms with E-state index in [0.29, 0.717) is 6.54 Å². The fraction of sp³-hybridized carbons (Fsp3) is 0.353. The van der Waals surface area contributed by atoms with Gasteiger partial charge in [-0.3, -0.25) is 4.79 Å². The molecule has 0 unspecified atom stereocenters. The lowest BCUT2D eigenvalue weighted by Gasteiger charge is -2.17. The summed E-state index contributed by atoms with van der Waals surface area (Å²) in [5.41, 5.74) is 3.34. The van der Waals surface area contributed by atoms with Gasteiger partial charge in [0.2, 0.25) is 5.91 Å². The van der Waals surface area contributed by atoms with Crippen molar-refractivity contribution < 1.29 is 4.79 Å². The topological polar surface area (TPSA) is 29.1 Å². The molecule has 0 bridgehead atoms. The van der Waals surface area contributed by atoms with Crippen LogP contribution in [0.5, 0.6) is 0 Å². The molecule has 0 radical (unpaired) electrons. The summed E-state index contributed by atoms with van der Waals surface area (Å²) in [6, 6.07) is 10.5. The lowest BCUT2D eigenvalue weighted by molar-refractivity contribution is -0.123. The molecule has 110 valence electrons. The van der Waals surface area contributed by atoms with Crippen LogP contribution < -0.4 is 5.32 Å². The van der Waals surface area contributed by atoms with Gasteiger partial charge < -0.3 is 5.32 Å². The summed E-state index contributed by atoms with van der Waals surface area (Å²) < 4.78 is 1.10.